The number of aromatic nitrogens is 3. The molecule has 6 rings (SSSR count). The van der Waals surface area contributed by atoms with Gasteiger partial charge in [-0.2, -0.15) is 15.2 Å². The molecule has 0 bridgehead atoms. The molecular formula is C34H38ClN7O3. The molecule has 0 aliphatic carbocycles. The van der Waals surface area contributed by atoms with Crippen molar-refractivity contribution in [1.29, 1.82) is 5.26 Å². The topological polar surface area (TPSA) is 108 Å². The van der Waals surface area contributed by atoms with Crippen molar-refractivity contribution in [2.24, 2.45) is 0 Å². The van der Waals surface area contributed by atoms with E-state index in [1.54, 1.807) is 4.90 Å². The zero-order valence-electron chi connectivity index (χ0n) is 25.8. The second-order valence-electron chi connectivity index (χ2n) is 11.8. The second-order valence-corrected chi connectivity index (χ2v) is 12.2. The number of fused-ring (bicyclic) bond motifs is 2. The van der Waals surface area contributed by atoms with E-state index in [4.69, 9.17) is 36.0 Å². The Morgan fingerprint density at radius 1 is 1.13 bits per heavy atom. The highest BCUT2D eigenvalue weighted by Crippen LogP contribution is 2.36. The van der Waals surface area contributed by atoms with Gasteiger partial charge in [-0.05, 0) is 55.9 Å². The van der Waals surface area contributed by atoms with E-state index in [9.17, 15) is 10.1 Å². The zero-order valence-corrected chi connectivity index (χ0v) is 26.5. The third kappa shape index (κ3) is 6.60. The molecule has 4 aromatic rings. The van der Waals surface area contributed by atoms with E-state index in [0.29, 0.717) is 60.8 Å². The fourth-order valence-electron chi connectivity index (χ4n) is 6.27. The van der Waals surface area contributed by atoms with E-state index in [-0.39, 0.29) is 24.6 Å². The lowest BCUT2D eigenvalue weighted by Crippen LogP contribution is -2.55. The van der Waals surface area contributed by atoms with Crippen molar-refractivity contribution in [3.8, 4) is 23.2 Å². The van der Waals surface area contributed by atoms with Gasteiger partial charge in [0, 0.05) is 47.8 Å². The predicted molar refractivity (Wildman–Crippen MR) is 176 cm³/mol. The molecule has 2 fully saturated rings. The number of amides is 1. The van der Waals surface area contributed by atoms with E-state index < -0.39 is 0 Å². The summed E-state index contributed by atoms with van der Waals surface area (Å²) in [6, 6.07) is 16.5. The number of piperazine rings is 1. The summed E-state index contributed by atoms with van der Waals surface area (Å²) in [4.78, 5) is 33.6. The van der Waals surface area contributed by atoms with E-state index in [1.807, 2.05) is 48.7 Å². The van der Waals surface area contributed by atoms with Crippen LogP contribution < -0.4 is 9.64 Å². The van der Waals surface area contributed by atoms with Gasteiger partial charge in [0.05, 0.1) is 30.7 Å². The minimum atomic E-state index is -0.378. The van der Waals surface area contributed by atoms with Gasteiger partial charge in [0.2, 0.25) is 0 Å². The number of pyridine rings is 1. The maximum atomic E-state index is 12.9. The zero-order chi connectivity index (χ0) is 31.3. The number of likely N-dealkylation sites (tertiary alicyclic amines) is 1. The molecule has 0 saturated carbocycles. The smallest absolute Gasteiger partial charge is 0.410 e. The van der Waals surface area contributed by atoms with Crippen molar-refractivity contribution in [3.05, 3.63) is 53.7 Å². The second kappa shape index (κ2) is 13.8. The van der Waals surface area contributed by atoms with Gasteiger partial charge in [-0.25, -0.2) is 4.79 Å². The highest BCUT2D eigenvalue weighted by molar-refractivity contribution is 6.36. The monoisotopic (exact) mass is 627 g/mol. The Labute approximate surface area is 268 Å². The molecule has 4 heterocycles. The van der Waals surface area contributed by atoms with Gasteiger partial charge < -0.3 is 24.2 Å². The number of nitriles is 1. The molecule has 0 unspecified atom stereocenters. The van der Waals surface area contributed by atoms with Crippen LogP contribution >= 0.6 is 11.6 Å². The van der Waals surface area contributed by atoms with Crippen molar-refractivity contribution in [2.75, 3.05) is 51.3 Å². The number of rotatable bonds is 9. The number of carbonyl (C=O) groups is 1. The van der Waals surface area contributed by atoms with Crippen LogP contribution in [0.5, 0.6) is 6.01 Å². The number of likely N-dealkylation sites (N-methyl/N-ethyl adjacent to an activating group) is 1. The first kappa shape index (κ1) is 30.8. The third-order valence-corrected chi connectivity index (χ3v) is 9.12. The summed E-state index contributed by atoms with van der Waals surface area (Å²) in [6.45, 7) is 5.27. The first-order chi connectivity index (χ1) is 22.0. The molecule has 0 spiro atoms. The minimum absolute atomic E-state index is 0.180. The van der Waals surface area contributed by atoms with Gasteiger partial charge in [-0.1, -0.05) is 55.3 Å². The van der Waals surface area contributed by atoms with Crippen molar-refractivity contribution >= 4 is 45.3 Å². The Morgan fingerprint density at radius 3 is 2.76 bits per heavy atom. The summed E-state index contributed by atoms with van der Waals surface area (Å²) < 4.78 is 11.7. The first-order valence-corrected chi connectivity index (χ1v) is 16.1. The summed E-state index contributed by atoms with van der Waals surface area (Å²) in [5.41, 5.74) is 3.13. The van der Waals surface area contributed by atoms with Crippen LogP contribution in [-0.2, 0) is 4.74 Å². The van der Waals surface area contributed by atoms with Gasteiger partial charge in [-0.15, -0.1) is 0 Å². The molecule has 2 aliphatic rings. The Morgan fingerprint density at radius 2 is 1.98 bits per heavy atom. The molecule has 2 saturated heterocycles. The Bertz CT molecular complexity index is 1720. The lowest BCUT2D eigenvalue weighted by molar-refractivity contribution is 0.0812. The number of benzene rings is 2. The van der Waals surface area contributed by atoms with Gasteiger partial charge in [0.1, 0.15) is 12.1 Å². The number of ether oxygens (including phenoxy) is 2. The molecule has 0 radical (unpaired) electrons. The lowest BCUT2D eigenvalue weighted by atomic mass is 9.99. The Hall–Kier alpha value is -4.20. The molecule has 234 valence electrons. The summed E-state index contributed by atoms with van der Waals surface area (Å²) >= 11 is 6.67. The summed E-state index contributed by atoms with van der Waals surface area (Å²) in [7, 11) is 2.11. The molecule has 2 atom stereocenters. The Kier molecular flexibility index (Phi) is 9.47. The van der Waals surface area contributed by atoms with Gasteiger partial charge in [-0.3, -0.25) is 4.98 Å². The molecule has 2 aliphatic heterocycles. The van der Waals surface area contributed by atoms with Crippen LogP contribution in [0.25, 0.3) is 32.9 Å². The van der Waals surface area contributed by atoms with Gasteiger partial charge in [0.15, 0.2) is 5.82 Å². The largest absolute Gasteiger partial charge is 0.462 e. The average Bonchev–Trinajstić information content (AvgIpc) is 3.47. The van der Waals surface area contributed by atoms with Crippen molar-refractivity contribution < 1.29 is 14.3 Å². The van der Waals surface area contributed by atoms with Crippen LogP contribution in [0.2, 0.25) is 5.02 Å². The number of anilines is 1. The molecule has 11 heteroatoms. The number of carbonyl (C=O) groups excluding carboxylic acids is 1. The standard InChI is InChI=1S/C34H38ClN7O3/c1-3-4-18-44-34(43)42-17-16-41(21-25(42)13-14-36)32-31-29(38-33(39-32)45-22-26-10-7-15-40(26)2)19-24(20-37-31)27-11-5-8-23-9-6-12-28(35)30(23)27/h5-6,8-9,11-12,19-20,25-26H,3-4,7,10,13,15-18,21-22H2,1-2H3/t25-,26-/m0/s1. The van der Waals surface area contributed by atoms with E-state index in [2.05, 4.69) is 29.8 Å². The van der Waals surface area contributed by atoms with Crippen LogP contribution in [0.1, 0.15) is 39.0 Å². The molecule has 1 amide bonds. The number of unbranched alkanes of at least 4 members (excludes halogenated alkanes) is 1. The van der Waals surface area contributed by atoms with Crippen molar-refractivity contribution in [3.63, 3.8) is 0 Å². The number of hydrogen-bond donors (Lipinski definition) is 0. The maximum absolute atomic E-state index is 12.9. The van der Waals surface area contributed by atoms with Gasteiger partial charge in [0.25, 0.3) is 0 Å². The quantitative estimate of drug-likeness (QED) is 0.197. The highest BCUT2D eigenvalue weighted by Gasteiger charge is 2.33. The third-order valence-electron chi connectivity index (χ3n) is 8.81. The van der Waals surface area contributed by atoms with Crippen molar-refractivity contribution in [1.82, 2.24) is 24.8 Å². The van der Waals surface area contributed by atoms with Crippen molar-refractivity contribution in [2.45, 2.75) is 51.1 Å². The SMILES string of the molecule is CCCCOC(=O)N1CCN(c2nc(OC[C@@H]3CCCN3C)nc3cc(-c4cccc5cccc(Cl)c45)cnc23)C[C@@H]1CC#N. The normalized spacial score (nSPS) is 18.8. The fraction of sp³-hybridized carbons (Fsp3) is 0.441. The van der Waals surface area contributed by atoms with Crippen LogP contribution in [-0.4, -0.2) is 89.4 Å². The number of halogens is 1. The molecule has 45 heavy (non-hydrogen) atoms. The minimum Gasteiger partial charge on any atom is -0.462 e. The molecule has 2 aromatic carbocycles. The fourth-order valence-corrected chi connectivity index (χ4v) is 6.55. The van der Waals surface area contributed by atoms with Crippen LogP contribution in [0, 0.1) is 11.3 Å². The van der Waals surface area contributed by atoms with E-state index >= 15 is 0 Å². The Balaban J connectivity index is 1.36. The maximum Gasteiger partial charge on any atom is 0.410 e. The highest BCUT2D eigenvalue weighted by atomic mass is 35.5. The number of hydrogen-bond acceptors (Lipinski definition) is 9. The van der Waals surface area contributed by atoms with Gasteiger partial charge >= 0.3 is 12.1 Å². The van der Waals surface area contributed by atoms with E-state index in [1.165, 1.54) is 0 Å². The summed E-state index contributed by atoms with van der Waals surface area (Å²) in [6.07, 6.45) is 5.58. The van der Waals surface area contributed by atoms with Crippen LogP contribution in [0.4, 0.5) is 10.6 Å². The lowest BCUT2D eigenvalue weighted by Gasteiger charge is -2.40. The molecular weight excluding hydrogens is 590 g/mol. The summed E-state index contributed by atoms with van der Waals surface area (Å²) in [5.74, 6) is 0.624. The first-order valence-electron chi connectivity index (χ1n) is 15.7. The number of nitrogens with zero attached hydrogens (tertiary/aromatic N) is 7. The predicted octanol–water partition coefficient (Wildman–Crippen LogP) is 6.31. The molecule has 2 aromatic heterocycles. The molecule has 0 N–H and O–H groups in total. The molecule has 10 nitrogen and oxygen atoms in total. The van der Waals surface area contributed by atoms with Crippen LogP contribution in [0.3, 0.4) is 0 Å². The van der Waals surface area contributed by atoms with E-state index in [0.717, 1.165) is 54.1 Å². The average molecular weight is 628 g/mol. The summed E-state index contributed by atoms with van der Waals surface area (Å²) in [5, 5.41) is 12.3. The van der Waals surface area contributed by atoms with Crippen LogP contribution in [0.15, 0.2) is 48.7 Å².